The Morgan fingerprint density at radius 1 is 1.29 bits per heavy atom. The predicted octanol–water partition coefficient (Wildman–Crippen LogP) is 4.22. The third kappa shape index (κ3) is 3.27. The molecule has 0 saturated carbocycles. The first-order valence-electron chi connectivity index (χ1n) is 8.63. The van der Waals surface area contributed by atoms with Crippen molar-refractivity contribution < 1.29 is 15.0 Å². The number of aromatic nitrogens is 3. The second-order valence-electron chi connectivity index (χ2n) is 6.49. The number of carboxylic acid groups (broad SMARTS) is 1. The van der Waals surface area contributed by atoms with Crippen molar-refractivity contribution in [1.82, 2.24) is 14.5 Å². The maximum Gasteiger partial charge on any atom is 0.370 e. The molecule has 28 heavy (non-hydrogen) atoms. The second-order valence-corrected chi connectivity index (χ2v) is 7.27. The van der Waals surface area contributed by atoms with Gasteiger partial charge in [-0.05, 0) is 31.1 Å². The number of aliphatic hydroxyl groups excluding tert-OH is 1. The molecule has 1 aliphatic rings. The largest absolute Gasteiger partial charge is 0.502 e. The summed E-state index contributed by atoms with van der Waals surface area (Å²) < 4.78 is 1.85. The number of hydrogen-bond acceptors (Lipinski definition) is 5. The minimum atomic E-state index is -1.35. The summed E-state index contributed by atoms with van der Waals surface area (Å²) in [6, 6.07) is 5.20. The van der Waals surface area contributed by atoms with E-state index in [1.54, 1.807) is 18.6 Å². The maximum atomic E-state index is 11.0. The van der Waals surface area contributed by atoms with E-state index in [1.807, 2.05) is 27.8 Å². The van der Waals surface area contributed by atoms with E-state index in [-0.39, 0.29) is 6.04 Å². The molecule has 9 heteroatoms. The van der Waals surface area contributed by atoms with Gasteiger partial charge in [0.15, 0.2) is 5.76 Å². The molecule has 1 aromatic carbocycles. The molecule has 0 spiro atoms. The summed E-state index contributed by atoms with van der Waals surface area (Å²) >= 11 is 12.6. The Morgan fingerprint density at radius 3 is 2.82 bits per heavy atom. The molecule has 4 rings (SSSR count). The minimum Gasteiger partial charge on any atom is -0.502 e. The number of carbonyl (C=O) groups is 1. The van der Waals surface area contributed by atoms with E-state index in [0.29, 0.717) is 34.3 Å². The molecule has 7 nitrogen and oxygen atoms in total. The number of benzene rings is 1. The molecule has 0 unspecified atom stereocenters. The Kier molecular flexibility index (Phi) is 4.87. The van der Waals surface area contributed by atoms with Gasteiger partial charge in [0.05, 0.1) is 33.6 Å². The molecule has 144 valence electrons. The van der Waals surface area contributed by atoms with Gasteiger partial charge in [0.25, 0.3) is 0 Å². The van der Waals surface area contributed by atoms with Crippen molar-refractivity contribution in [3.63, 3.8) is 0 Å². The summed E-state index contributed by atoms with van der Waals surface area (Å²) in [6.45, 7) is 0.675. The zero-order valence-electron chi connectivity index (χ0n) is 14.6. The number of aliphatic carboxylic acids is 1. The van der Waals surface area contributed by atoms with Crippen molar-refractivity contribution in [2.75, 3.05) is 11.4 Å². The molecule has 2 N–H and O–H groups in total. The number of imidazole rings is 1. The Bertz CT molecular complexity index is 1080. The van der Waals surface area contributed by atoms with Gasteiger partial charge in [-0.25, -0.2) is 14.8 Å². The molecule has 0 bridgehead atoms. The summed E-state index contributed by atoms with van der Waals surface area (Å²) in [7, 11) is 0. The number of halogens is 2. The van der Waals surface area contributed by atoms with Crippen LogP contribution in [0.15, 0.2) is 48.8 Å². The van der Waals surface area contributed by atoms with E-state index in [2.05, 4.69) is 4.98 Å². The molecule has 3 aromatic rings. The quantitative estimate of drug-likeness (QED) is 0.486. The highest BCUT2D eigenvalue weighted by Crippen LogP contribution is 2.36. The van der Waals surface area contributed by atoms with Crippen LogP contribution in [-0.2, 0) is 4.79 Å². The van der Waals surface area contributed by atoms with Crippen molar-refractivity contribution in [3.05, 3.63) is 58.8 Å². The van der Waals surface area contributed by atoms with E-state index < -0.39 is 11.7 Å². The monoisotopic (exact) mass is 418 g/mol. The van der Waals surface area contributed by atoms with Crippen LogP contribution in [0.1, 0.15) is 12.8 Å². The number of carboxylic acids is 1. The third-order valence-corrected chi connectivity index (χ3v) is 5.58. The van der Waals surface area contributed by atoms with E-state index in [0.717, 1.165) is 17.5 Å². The smallest absolute Gasteiger partial charge is 0.370 e. The van der Waals surface area contributed by atoms with E-state index in [1.165, 1.54) is 6.08 Å². The van der Waals surface area contributed by atoms with Crippen molar-refractivity contribution in [2.45, 2.75) is 18.9 Å². The summed E-state index contributed by atoms with van der Waals surface area (Å²) in [5.74, 6) is -1.40. The Morgan fingerprint density at radius 2 is 2.11 bits per heavy atom. The third-order valence-electron chi connectivity index (χ3n) is 4.78. The Balaban J connectivity index is 1.89. The van der Waals surface area contributed by atoms with Crippen LogP contribution < -0.4 is 4.90 Å². The number of hydrogen-bond donors (Lipinski definition) is 2. The van der Waals surface area contributed by atoms with Crippen molar-refractivity contribution in [3.8, 4) is 5.69 Å². The normalized spacial score (nSPS) is 17.4. The molecule has 3 heterocycles. The topological polar surface area (TPSA) is 91.5 Å². The Labute approximate surface area is 170 Å². The highest BCUT2D eigenvalue weighted by Gasteiger charge is 2.27. The van der Waals surface area contributed by atoms with Crippen molar-refractivity contribution in [1.29, 1.82) is 0 Å². The van der Waals surface area contributed by atoms with Gasteiger partial charge in [0.1, 0.15) is 5.82 Å². The van der Waals surface area contributed by atoms with E-state index in [4.69, 9.17) is 33.3 Å². The van der Waals surface area contributed by atoms with Crippen molar-refractivity contribution in [2.24, 2.45) is 0 Å². The molecule has 1 saturated heterocycles. The minimum absolute atomic E-state index is 0.283. The first kappa shape index (κ1) is 18.6. The van der Waals surface area contributed by atoms with Gasteiger partial charge >= 0.3 is 5.97 Å². The van der Waals surface area contributed by atoms with Gasteiger partial charge in [0, 0.05) is 30.4 Å². The fourth-order valence-corrected chi connectivity index (χ4v) is 3.83. The molecule has 2 aromatic heterocycles. The maximum absolute atomic E-state index is 11.0. The van der Waals surface area contributed by atoms with E-state index in [9.17, 15) is 9.90 Å². The fraction of sp³-hybridized carbons (Fsp3) is 0.211. The number of aliphatic hydroxyl groups is 1. The lowest BCUT2D eigenvalue weighted by atomic mass is 10.1. The molecule has 0 radical (unpaired) electrons. The van der Waals surface area contributed by atoms with Crippen LogP contribution in [0, 0.1) is 0 Å². The van der Waals surface area contributed by atoms with Gasteiger partial charge in [-0.15, -0.1) is 0 Å². The molecule has 1 aliphatic heterocycles. The highest BCUT2D eigenvalue weighted by molar-refractivity contribution is 6.45. The summed E-state index contributed by atoms with van der Waals surface area (Å²) in [6.07, 6.45) is 8.07. The summed E-state index contributed by atoms with van der Waals surface area (Å²) in [5.41, 5.74) is 1.38. The van der Waals surface area contributed by atoms with Crippen LogP contribution in [0.5, 0.6) is 0 Å². The average Bonchev–Trinajstić information content (AvgIpc) is 3.36. The SMILES string of the molecule is O=C(O)/C(O)=C\[C@@H]1CCCN1c1cc(-n2ccnc2)c2ccc(Cl)c(Cl)c2n1. The molecular formula is C19H16Cl2N4O3. The predicted molar refractivity (Wildman–Crippen MR) is 108 cm³/mol. The van der Waals surface area contributed by atoms with Crippen LogP contribution in [0.3, 0.4) is 0 Å². The standard InChI is InChI=1S/C19H16Cl2N4O3/c20-13-4-3-12-14(24-7-5-22-10-24)9-16(23-18(12)17(13)21)25-6-1-2-11(25)8-15(26)19(27)28/h3-5,7-11,26H,1-2,6H2,(H,27,28)/b15-8+/t11-/m0/s1. The zero-order valence-corrected chi connectivity index (χ0v) is 16.1. The first-order chi connectivity index (χ1) is 13.5. The van der Waals surface area contributed by atoms with E-state index >= 15 is 0 Å². The fourth-order valence-electron chi connectivity index (χ4n) is 3.47. The van der Waals surface area contributed by atoms with Crippen LogP contribution in [-0.4, -0.2) is 43.3 Å². The lowest BCUT2D eigenvalue weighted by Crippen LogP contribution is -2.29. The van der Waals surface area contributed by atoms with Crippen LogP contribution in [0.25, 0.3) is 16.6 Å². The zero-order chi connectivity index (χ0) is 19.8. The summed E-state index contributed by atoms with van der Waals surface area (Å²) in [4.78, 5) is 21.8. The summed E-state index contributed by atoms with van der Waals surface area (Å²) in [5, 5.41) is 20.2. The average molecular weight is 419 g/mol. The van der Waals surface area contributed by atoms with Gasteiger partial charge < -0.3 is 19.7 Å². The number of rotatable bonds is 4. The Hall–Kier alpha value is -2.77. The number of pyridine rings is 1. The second kappa shape index (κ2) is 7.33. The van der Waals surface area contributed by atoms with Crippen LogP contribution in [0.2, 0.25) is 10.0 Å². The lowest BCUT2D eigenvalue weighted by Gasteiger charge is -2.25. The molecule has 1 atom stereocenters. The van der Waals surface area contributed by atoms with Gasteiger partial charge in [0.2, 0.25) is 0 Å². The molecule has 0 amide bonds. The van der Waals surface area contributed by atoms with Gasteiger partial charge in [-0.3, -0.25) is 0 Å². The number of anilines is 1. The van der Waals surface area contributed by atoms with Crippen LogP contribution in [0.4, 0.5) is 5.82 Å². The number of nitrogens with zero attached hydrogens (tertiary/aromatic N) is 4. The van der Waals surface area contributed by atoms with Crippen molar-refractivity contribution >= 4 is 45.9 Å². The molecule has 1 fully saturated rings. The number of fused-ring (bicyclic) bond motifs is 1. The highest BCUT2D eigenvalue weighted by atomic mass is 35.5. The first-order valence-corrected chi connectivity index (χ1v) is 9.39. The van der Waals surface area contributed by atoms with Gasteiger partial charge in [-0.2, -0.15) is 0 Å². The molecular weight excluding hydrogens is 403 g/mol. The van der Waals surface area contributed by atoms with Crippen LogP contribution >= 0.6 is 23.2 Å². The molecule has 0 aliphatic carbocycles. The van der Waals surface area contributed by atoms with Gasteiger partial charge in [-0.1, -0.05) is 23.2 Å². The lowest BCUT2D eigenvalue weighted by molar-refractivity contribution is -0.135.